The van der Waals surface area contributed by atoms with E-state index in [-0.39, 0.29) is 35.2 Å². The first-order valence-electron chi connectivity index (χ1n) is 15.0. The molecule has 0 radical (unpaired) electrons. The number of fused-ring (bicyclic) bond motifs is 1. The van der Waals surface area contributed by atoms with Crippen molar-refractivity contribution in [1.29, 1.82) is 0 Å². The normalized spacial score (nSPS) is 14.5. The van der Waals surface area contributed by atoms with Gasteiger partial charge in [0.1, 0.15) is 0 Å². The highest BCUT2D eigenvalue weighted by molar-refractivity contribution is 6.34. The van der Waals surface area contributed by atoms with Crippen LogP contribution in [0.1, 0.15) is 77.2 Å². The highest BCUT2D eigenvalue weighted by atomic mass is 35.5. The number of nitrogens with one attached hydrogen (secondary N) is 1. The fraction of sp³-hybridized carbons (Fsp3) is 0.394. The van der Waals surface area contributed by atoms with Crippen molar-refractivity contribution in [1.82, 2.24) is 29.8 Å². The Labute approximate surface area is 257 Å². The van der Waals surface area contributed by atoms with Gasteiger partial charge in [0.05, 0.1) is 40.8 Å². The lowest BCUT2D eigenvalue weighted by molar-refractivity contribution is 0.0544. The second kappa shape index (κ2) is 13.6. The quantitative estimate of drug-likeness (QED) is 0.225. The van der Waals surface area contributed by atoms with Gasteiger partial charge in [-0.2, -0.15) is 10.2 Å². The topological polar surface area (TPSA) is 107 Å². The van der Waals surface area contributed by atoms with Gasteiger partial charge in [0.25, 0.3) is 11.8 Å². The van der Waals surface area contributed by atoms with E-state index in [2.05, 4.69) is 24.0 Å². The van der Waals surface area contributed by atoms with Crippen LogP contribution in [0.25, 0.3) is 16.8 Å². The Bertz CT molecular complexity index is 1570. The van der Waals surface area contributed by atoms with Crippen LogP contribution in [-0.2, 0) is 13.0 Å². The number of amides is 2. The molecule has 0 bridgehead atoms. The lowest BCUT2D eigenvalue weighted by Crippen LogP contribution is -2.46. The van der Waals surface area contributed by atoms with Crippen molar-refractivity contribution in [3.63, 3.8) is 0 Å². The number of carbonyl (C=O) groups is 2. The number of benzene rings is 2. The lowest BCUT2D eigenvalue weighted by Gasteiger charge is -2.36. The average molecular weight is 603 g/mol. The van der Waals surface area contributed by atoms with Crippen LogP contribution in [-0.4, -0.2) is 72.4 Å². The predicted octanol–water partition coefficient (Wildman–Crippen LogP) is 5.83. The zero-order valence-corrected chi connectivity index (χ0v) is 25.8. The van der Waals surface area contributed by atoms with E-state index >= 15 is 0 Å². The second-order valence-electron chi connectivity index (χ2n) is 11.1. The zero-order valence-electron chi connectivity index (χ0n) is 25.0. The summed E-state index contributed by atoms with van der Waals surface area (Å²) in [7, 11) is 0. The SMILES string of the molecule is CCCCN(CCCC)C(=O)c1nn(-c2ccc(-c3cn[nH]c3)cc2C(=O)N2Cc3ccccc3C[C@H]2CO)c(C)c1Cl. The highest BCUT2D eigenvalue weighted by Crippen LogP contribution is 2.32. The van der Waals surface area contributed by atoms with Gasteiger partial charge in [0.2, 0.25) is 0 Å². The number of nitrogens with zero attached hydrogens (tertiary/aromatic N) is 5. The molecule has 226 valence electrons. The van der Waals surface area contributed by atoms with Gasteiger partial charge in [0, 0.05) is 31.4 Å². The number of H-pyrrole nitrogens is 1. The molecule has 3 heterocycles. The Balaban J connectivity index is 1.58. The molecule has 2 aromatic carbocycles. The molecule has 0 unspecified atom stereocenters. The zero-order chi connectivity index (χ0) is 30.5. The molecule has 2 aromatic heterocycles. The molecule has 9 nitrogen and oxygen atoms in total. The average Bonchev–Trinajstić information content (AvgIpc) is 3.68. The van der Waals surface area contributed by atoms with Crippen LogP contribution in [0.4, 0.5) is 0 Å². The molecular formula is C33H39ClN6O3. The van der Waals surface area contributed by atoms with Gasteiger partial charge in [-0.1, -0.05) is 68.6 Å². The predicted molar refractivity (Wildman–Crippen MR) is 168 cm³/mol. The van der Waals surface area contributed by atoms with Crippen LogP contribution in [0, 0.1) is 6.92 Å². The van der Waals surface area contributed by atoms with E-state index in [0.29, 0.717) is 43.0 Å². The van der Waals surface area contributed by atoms with Crippen LogP contribution in [0.15, 0.2) is 54.9 Å². The molecule has 5 rings (SSSR count). The Hall–Kier alpha value is -3.95. The molecule has 0 saturated heterocycles. The molecule has 10 heteroatoms. The first-order valence-corrected chi connectivity index (χ1v) is 15.4. The molecule has 0 fully saturated rings. The van der Waals surface area contributed by atoms with Crippen molar-refractivity contribution in [2.24, 2.45) is 0 Å². The molecule has 0 spiro atoms. The molecule has 2 N–H and O–H groups in total. The van der Waals surface area contributed by atoms with Gasteiger partial charge in [-0.15, -0.1) is 0 Å². The molecule has 43 heavy (non-hydrogen) atoms. The summed E-state index contributed by atoms with van der Waals surface area (Å²) >= 11 is 6.79. The van der Waals surface area contributed by atoms with Gasteiger partial charge in [-0.05, 0) is 55.0 Å². The van der Waals surface area contributed by atoms with Crippen LogP contribution in [0.5, 0.6) is 0 Å². The molecule has 1 aliphatic rings. The summed E-state index contributed by atoms with van der Waals surface area (Å²) in [4.78, 5) is 31.7. The largest absolute Gasteiger partial charge is 0.394 e. The summed E-state index contributed by atoms with van der Waals surface area (Å²) in [6, 6.07) is 13.2. The van der Waals surface area contributed by atoms with Crippen LogP contribution in [0.3, 0.4) is 0 Å². The van der Waals surface area contributed by atoms with E-state index in [1.165, 1.54) is 0 Å². The van der Waals surface area contributed by atoms with E-state index in [1.54, 1.807) is 28.9 Å². The monoisotopic (exact) mass is 602 g/mol. The number of halogens is 1. The Morgan fingerprint density at radius 1 is 1.07 bits per heavy atom. The number of carbonyl (C=O) groups excluding carboxylic acids is 2. The Morgan fingerprint density at radius 3 is 2.44 bits per heavy atom. The molecule has 0 aliphatic carbocycles. The molecular weight excluding hydrogens is 564 g/mol. The number of aromatic nitrogens is 4. The molecule has 0 saturated carbocycles. The number of aliphatic hydroxyl groups is 1. The minimum absolute atomic E-state index is 0.159. The number of aromatic amines is 1. The van der Waals surface area contributed by atoms with Crippen molar-refractivity contribution in [3.05, 3.63) is 88.0 Å². The van der Waals surface area contributed by atoms with Crippen LogP contribution in [0.2, 0.25) is 5.02 Å². The summed E-state index contributed by atoms with van der Waals surface area (Å²) in [5.74, 6) is -0.440. The summed E-state index contributed by atoms with van der Waals surface area (Å²) in [6.07, 6.45) is 7.77. The molecule has 2 amide bonds. The number of hydrogen-bond acceptors (Lipinski definition) is 5. The molecule has 4 aromatic rings. The molecule has 1 aliphatic heterocycles. The van der Waals surface area contributed by atoms with Crippen LogP contribution < -0.4 is 0 Å². The first kappa shape index (κ1) is 30.5. The smallest absolute Gasteiger partial charge is 0.275 e. The van der Waals surface area contributed by atoms with E-state index < -0.39 is 0 Å². The highest BCUT2D eigenvalue weighted by Gasteiger charge is 2.33. The van der Waals surface area contributed by atoms with E-state index in [0.717, 1.165) is 47.9 Å². The van der Waals surface area contributed by atoms with Crippen molar-refractivity contribution in [2.45, 2.75) is 65.5 Å². The fourth-order valence-corrected chi connectivity index (χ4v) is 5.84. The number of aliphatic hydroxyl groups excluding tert-OH is 1. The van der Waals surface area contributed by atoms with Crippen molar-refractivity contribution >= 4 is 23.4 Å². The summed E-state index contributed by atoms with van der Waals surface area (Å²) in [5, 5.41) is 22.2. The third-order valence-corrected chi connectivity index (χ3v) is 8.66. The Kier molecular flexibility index (Phi) is 9.62. The van der Waals surface area contributed by atoms with Gasteiger partial charge < -0.3 is 14.9 Å². The third kappa shape index (κ3) is 6.24. The number of unbranched alkanes of at least 4 members (excludes halogenated alkanes) is 2. The first-order chi connectivity index (χ1) is 20.9. The summed E-state index contributed by atoms with van der Waals surface area (Å²) < 4.78 is 1.60. The van der Waals surface area contributed by atoms with E-state index in [1.807, 2.05) is 47.4 Å². The van der Waals surface area contributed by atoms with Crippen LogP contribution >= 0.6 is 11.6 Å². The van der Waals surface area contributed by atoms with Crippen molar-refractivity contribution < 1.29 is 14.7 Å². The van der Waals surface area contributed by atoms with Crippen molar-refractivity contribution in [3.8, 4) is 16.8 Å². The summed E-state index contributed by atoms with van der Waals surface area (Å²) in [6.45, 7) is 7.50. The maximum absolute atomic E-state index is 14.4. The Morgan fingerprint density at radius 2 is 1.79 bits per heavy atom. The number of rotatable bonds is 11. The van der Waals surface area contributed by atoms with Gasteiger partial charge >= 0.3 is 0 Å². The fourth-order valence-electron chi connectivity index (χ4n) is 5.64. The second-order valence-corrected chi connectivity index (χ2v) is 11.5. The van der Waals surface area contributed by atoms with Gasteiger partial charge in [-0.25, -0.2) is 4.68 Å². The van der Waals surface area contributed by atoms with Gasteiger partial charge in [-0.3, -0.25) is 14.7 Å². The molecule has 1 atom stereocenters. The minimum Gasteiger partial charge on any atom is -0.394 e. The van der Waals surface area contributed by atoms with Gasteiger partial charge in [0.15, 0.2) is 5.69 Å². The van der Waals surface area contributed by atoms with E-state index in [9.17, 15) is 14.7 Å². The lowest BCUT2D eigenvalue weighted by atomic mass is 9.93. The third-order valence-electron chi connectivity index (χ3n) is 8.21. The van der Waals surface area contributed by atoms with E-state index in [4.69, 9.17) is 16.7 Å². The maximum atomic E-state index is 14.4. The number of hydrogen-bond donors (Lipinski definition) is 2. The van der Waals surface area contributed by atoms with Crippen molar-refractivity contribution in [2.75, 3.05) is 19.7 Å². The standard InChI is InChI=1S/C33H39ClN6O3/c1-4-6-14-38(15-7-5-2)33(43)31-30(34)22(3)40(37-31)29-13-12-24(26-18-35-36-19-26)17-28(29)32(42)39-20-25-11-9-8-10-23(25)16-27(39)21-41/h8-13,17-19,27,41H,4-7,14-16,20-21H2,1-3H3,(H,35,36)/t27-/m0/s1. The minimum atomic E-state index is -0.377. The maximum Gasteiger partial charge on any atom is 0.275 e. The summed E-state index contributed by atoms with van der Waals surface area (Å²) in [5.41, 5.74) is 5.48.